The van der Waals surface area contributed by atoms with E-state index in [9.17, 15) is 13.2 Å². The van der Waals surface area contributed by atoms with Crippen LogP contribution in [0.15, 0.2) is 62.4 Å². The van der Waals surface area contributed by atoms with Gasteiger partial charge in [0.25, 0.3) is 15.9 Å². The molecule has 0 bridgehead atoms. The first-order valence-electron chi connectivity index (χ1n) is 8.58. The number of nitrogens with zero attached hydrogens (tertiary/aromatic N) is 1. The van der Waals surface area contributed by atoms with Crippen LogP contribution in [-0.2, 0) is 10.0 Å². The van der Waals surface area contributed by atoms with E-state index in [0.717, 1.165) is 4.47 Å². The van der Waals surface area contributed by atoms with Gasteiger partial charge in [-0.3, -0.25) is 9.52 Å². The summed E-state index contributed by atoms with van der Waals surface area (Å²) in [7, 11) is -3.83. The Hall–Kier alpha value is -2.85. The van der Waals surface area contributed by atoms with Crippen molar-refractivity contribution >= 4 is 43.4 Å². The van der Waals surface area contributed by atoms with E-state index in [1.165, 1.54) is 30.3 Å². The number of anilines is 2. The molecule has 1 heterocycles. The van der Waals surface area contributed by atoms with Crippen molar-refractivity contribution < 1.29 is 22.5 Å². The first kappa shape index (κ1) is 20.9. The van der Waals surface area contributed by atoms with Crippen LogP contribution in [0.5, 0.6) is 5.75 Å². The number of halogens is 1. The second-order valence-electron chi connectivity index (χ2n) is 5.98. The lowest BCUT2D eigenvalue weighted by molar-refractivity contribution is 0.102. The van der Waals surface area contributed by atoms with Crippen LogP contribution in [0.3, 0.4) is 0 Å². The number of carbonyl (C=O) groups is 1. The molecule has 0 saturated carbocycles. The largest absolute Gasteiger partial charge is 0.493 e. The van der Waals surface area contributed by atoms with E-state index in [2.05, 4.69) is 31.1 Å². The number of ether oxygens (including phenoxy) is 1. The van der Waals surface area contributed by atoms with E-state index in [4.69, 9.17) is 9.26 Å². The Morgan fingerprint density at radius 1 is 1.17 bits per heavy atom. The number of aromatic nitrogens is 1. The zero-order chi connectivity index (χ0) is 21.0. The maximum atomic E-state index is 12.6. The summed E-state index contributed by atoms with van der Waals surface area (Å²) in [4.78, 5) is 12.6. The minimum atomic E-state index is -3.83. The molecular weight excluding hydrogens is 462 g/mol. The normalized spacial score (nSPS) is 11.1. The van der Waals surface area contributed by atoms with Gasteiger partial charge in [0.15, 0.2) is 5.82 Å². The third kappa shape index (κ3) is 5.15. The lowest BCUT2D eigenvalue weighted by Gasteiger charge is -2.12. The van der Waals surface area contributed by atoms with Crippen molar-refractivity contribution in [3.05, 3.63) is 64.3 Å². The fraction of sp³-hybridized carbons (Fsp3) is 0.158. The summed E-state index contributed by atoms with van der Waals surface area (Å²) in [6.07, 6.45) is 0. The van der Waals surface area contributed by atoms with Crippen LogP contribution in [0, 0.1) is 6.92 Å². The van der Waals surface area contributed by atoms with Crippen molar-refractivity contribution in [1.82, 2.24) is 5.16 Å². The molecule has 2 N–H and O–H groups in total. The van der Waals surface area contributed by atoms with Crippen LogP contribution >= 0.6 is 15.9 Å². The fourth-order valence-corrected chi connectivity index (χ4v) is 3.83. The summed E-state index contributed by atoms with van der Waals surface area (Å²) in [5.74, 6) is 0.666. The summed E-state index contributed by atoms with van der Waals surface area (Å²) in [5.41, 5.74) is 0.801. The Morgan fingerprint density at radius 3 is 2.52 bits per heavy atom. The van der Waals surface area contributed by atoms with Crippen molar-refractivity contribution in [1.29, 1.82) is 0 Å². The molecule has 8 nitrogen and oxygen atoms in total. The molecular formula is C19H18BrN3O5S. The highest BCUT2D eigenvalue weighted by atomic mass is 79.9. The van der Waals surface area contributed by atoms with Gasteiger partial charge in [-0.2, -0.15) is 0 Å². The highest BCUT2D eigenvalue weighted by Crippen LogP contribution is 2.25. The Morgan fingerprint density at radius 2 is 1.90 bits per heavy atom. The molecule has 0 saturated heterocycles. The molecule has 0 atom stereocenters. The predicted octanol–water partition coefficient (Wildman–Crippen LogP) is 4.20. The van der Waals surface area contributed by atoms with Gasteiger partial charge in [0, 0.05) is 16.2 Å². The third-order valence-electron chi connectivity index (χ3n) is 3.78. The zero-order valence-corrected chi connectivity index (χ0v) is 18.0. The number of nitrogens with one attached hydrogen (secondary N) is 2. The number of hydrogen-bond donors (Lipinski definition) is 2. The van der Waals surface area contributed by atoms with Gasteiger partial charge in [0.1, 0.15) is 11.5 Å². The number of benzene rings is 2. The first-order valence-corrected chi connectivity index (χ1v) is 10.9. The van der Waals surface area contributed by atoms with Gasteiger partial charge in [-0.05, 0) is 56.3 Å². The minimum absolute atomic E-state index is 0.0219. The molecule has 0 aliphatic carbocycles. The Labute approximate surface area is 176 Å². The number of carbonyl (C=O) groups excluding carboxylic acids is 1. The van der Waals surface area contributed by atoms with Gasteiger partial charge >= 0.3 is 0 Å². The lowest BCUT2D eigenvalue weighted by atomic mass is 10.2. The highest BCUT2D eigenvalue weighted by Gasteiger charge is 2.17. The number of rotatable bonds is 7. The maximum absolute atomic E-state index is 12.6. The van der Waals surface area contributed by atoms with Gasteiger partial charge in [0.2, 0.25) is 0 Å². The van der Waals surface area contributed by atoms with Gasteiger partial charge < -0.3 is 14.6 Å². The Balaban J connectivity index is 1.75. The second kappa shape index (κ2) is 8.66. The Bertz CT molecular complexity index is 1130. The SMILES string of the molecule is CCOc1ccc(Br)cc1C(=O)Nc1ccc(S(=O)(=O)Nc2cc(C)on2)cc1. The molecule has 3 rings (SSSR count). The van der Waals surface area contributed by atoms with Gasteiger partial charge in [-0.25, -0.2) is 8.42 Å². The Kier molecular flexibility index (Phi) is 6.23. The van der Waals surface area contributed by atoms with Crippen molar-refractivity contribution in [2.24, 2.45) is 0 Å². The van der Waals surface area contributed by atoms with E-state index in [0.29, 0.717) is 29.4 Å². The second-order valence-corrected chi connectivity index (χ2v) is 8.58. The standard InChI is InChI=1S/C19H18BrN3O5S/c1-3-27-17-9-4-13(20)11-16(17)19(24)21-14-5-7-15(8-6-14)29(25,26)23-18-10-12(2)28-22-18/h4-11H,3H2,1-2H3,(H,21,24)(H,22,23). The van der Waals surface area contributed by atoms with Crippen LogP contribution in [0.1, 0.15) is 23.0 Å². The van der Waals surface area contributed by atoms with E-state index >= 15 is 0 Å². The summed E-state index contributed by atoms with van der Waals surface area (Å²) in [5, 5.41) is 6.34. The third-order valence-corrected chi connectivity index (χ3v) is 5.64. The quantitative estimate of drug-likeness (QED) is 0.525. The van der Waals surface area contributed by atoms with Crippen LogP contribution in [0.4, 0.5) is 11.5 Å². The summed E-state index contributed by atoms with van der Waals surface area (Å²) in [6, 6.07) is 12.4. The number of aryl methyl sites for hydroxylation is 1. The molecule has 0 spiro atoms. The van der Waals surface area contributed by atoms with Crippen molar-refractivity contribution in [3.8, 4) is 5.75 Å². The molecule has 29 heavy (non-hydrogen) atoms. The molecule has 0 radical (unpaired) electrons. The maximum Gasteiger partial charge on any atom is 0.263 e. The zero-order valence-electron chi connectivity index (χ0n) is 15.6. The van der Waals surface area contributed by atoms with Crippen LogP contribution in [0.25, 0.3) is 0 Å². The monoisotopic (exact) mass is 479 g/mol. The van der Waals surface area contributed by atoms with Crippen molar-refractivity contribution in [2.45, 2.75) is 18.7 Å². The molecule has 1 amide bonds. The topological polar surface area (TPSA) is 111 Å². The molecule has 0 fully saturated rings. The minimum Gasteiger partial charge on any atom is -0.493 e. The summed E-state index contributed by atoms with van der Waals surface area (Å²) >= 11 is 3.34. The van der Waals surface area contributed by atoms with Gasteiger partial charge in [0.05, 0.1) is 17.1 Å². The molecule has 0 unspecified atom stereocenters. The number of sulfonamides is 1. The van der Waals surface area contributed by atoms with Crippen molar-refractivity contribution in [3.63, 3.8) is 0 Å². The van der Waals surface area contributed by atoms with Gasteiger partial charge in [-0.1, -0.05) is 21.1 Å². The van der Waals surface area contributed by atoms with E-state index in [-0.39, 0.29) is 16.6 Å². The summed E-state index contributed by atoms with van der Waals surface area (Å²) < 4.78 is 38.2. The predicted molar refractivity (Wildman–Crippen MR) is 112 cm³/mol. The van der Waals surface area contributed by atoms with Crippen LogP contribution < -0.4 is 14.8 Å². The van der Waals surface area contributed by atoms with E-state index < -0.39 is 10.0 Å². The average Bonchev–Trinajstić information content (AvgIpc) is 3.07. The van der Waals surface area contributed by atoms with Crippen LogP contribution in [-0.4, -0.2) is 26.1 Å². The smallest absolute Gasteiger partial charge is 0.263 e. The van der Waals surface area contributed by atoms with E-state index in [1.807, 2.05) is 6.92 Å². The van der Waals surface area contributed by atoms with Crippen molar-refractivity contribution in [2.75, 3.05) is 16.6 Å². The molecule has 10 heteroatoms. The summed E-state index contributed by atoms with van der Waals surface area (Å²) in [6.45, 7) is 3.91. The lowest BCUT2D eigenvalue weighted by Crippen LogP contribution is -2.15. The molecule has 3 aromatic rings. The van der Waals surface area contributed by atoms with Gasteiger partial charge in [-0.15, -0.1) is 0 Å². The average molecular weight is 480 g/mol. The highest BCUT2D eigenvalue weighted by molar-refractivity contribution is 9.10. The fourth-order valence-electron chi connectivity index (χ4n) is 2.49. The van der Waals surface area contributed by atoms with E-state index in [1.54, 1.807) is 25.1 Å². The molecule has 2 aromatic carbocycles. The molecule has 152 valence electrons. The van der Waals surface area contributed by atoms with Crippen LogP contribution in [0.2, 0.25) is 0 Å². The molecule has 1 aromatic heterocycles. The number of hydrogen-bond acceptors (Lipinski definition) is 6. The molecule has 0 aliphatic rings. The first-order chi connectivity index (χ1) is 13.8. The number of amides is 1. The molecule has 0 aliphatic heterocycles.